The van der Waals surface area contributed by atoms with Crippen molar-refractivity contribution in [2.45, 2.75) is 32.7 Å². The number of aromatic nitrogens is 1. The van der Waals surface area contributed by atoms with Crippen molar-refractivity contribution in [3.05, 3.63) is 53.7 Å². The number of amides is 1. The molecule has 1 N–H and O–H groups in total. The van der Waals surface area contributed by atoms with E-state index in [4.69, 9.17) is 9.47 Å². The van der Waals surface area contributed by atoms with Gasteiger partial charge in [0.05, 0.1) is 7.11 Å². The predicted octanol–water partition coefficient (Wildman–Crippen LogP) is 3.08. The number of carbonyl (C=O) groups excluding carboxylic acids is 1. The molecule has 0 aliphatic carbocycles. The SMILES string of the molecule is COc1cc(CNC(=O)COc2ccc(C(C)(C)C)cc2)ccn1. The van der Waals surface area contributed by atoms with Gasteiger partial charge in [-0.3, -0.25) is 4.79 Å². The molecule has 2 aromatic rings. The van der Waals surface area contributed by atoms with Gasteiger partial charge in [0.1, 0.15) is 5.75 Å². The number of pyridine rings is 1. The van der Waals surface area contributed by atoms with Crippen molar-refractivity contribution in [2.75, 3.05) is 13.7 Å². The minimum atomic E-state index is -0.175. The standard InChI is InChI=1S/C19H24N2O3/c1-19(2,3)15-5-7-16(8-6-15)24-13-17(22)21-12-14-9-10-20-18(11-14)23-4/h5-11H,12-13H2,1-4H3,(H,21,22). The van der Waals surface area contributed by atoms with E-state index in [0.29, 0.717) is 18.2 Å². The van der Waals surface area contributed by atoms with Crippen molar-refractivity contribution < 1.29 is 14.3 Å². The van der Waals surface area contributed by atoms with Gasteiger partial charge in [-0.1, -0.05) is 32.9 Å². The second kappa shape index (κ2) is 7.81. The Labute approximate surface area is 143 Å². The van der Waals surface area contributed by atoms with Crippen LogP contribution in [0.25, 0.3) is 0 Å². The number of methoxy groups -OCH3 is 1. The Morgan fingerprint density at radius 3 is 2.50 bits per heavy atom. The third-order valence-electron chi connectivity index (χ3n) is 3.59. The molecule has 0 saturated carbocycles. The first-order valence-corrected chi connectivity index (χ1v) is 7.87. The number of hydrogen-bond acceptors (Lipinski definition) is 4. The van der Waals surface area contributed by atoms with Crippen molar-refractivity contribution in [3.8, 4) is 11.6 Å². The molecule has 0 saturated heterocycles. The lowest BCUT2D eigenvalue weighted by molar-refractivity contribution is -0.123. The molecule has 5 nitrogen and oxygen atoms in total. The largest absolute Gasteiger partial charge is 0.484 e. The molecular formula is C19H24N2O3. The summed E-state index contributed by atoms with van der Waals surface area (Å²) in [4.78, 5) is 15.9. The average molecular weight is 328 g/mol. The van der Waals surface area contributed by atoms with Gasteiger partial charge < -0.3 is 14.8 Å². The third kappa shape index (κ3) is 5.26. The molecule has 0 aliphatic heterocycles. The summed E-state index contributed by atoms with van der Waals surface area (Å²) in [6.07, 6.45) is 1.65. The van der Waals surface area contributed by atoms with E-state index in [2.05, 4.69) is 31.1 Å². The highest BCUT2D eigenvalue weighted by Crippen LogP contribution is 2.24. The summed E-state index contributed by atoms with van der Waals surface area (Å²) >= 11 is 0. The van der Waals surface area contributed by atoms with Crippen molar-refractivity contribution >= 4 is 5.91 Å². The fourth-order valence-electron chi connectivity index (χ4n) is 2.12. The Balaban J connectivity index is 1.80. The molecular weight excluding hydrogens is 304 g/mol. The summed E-state index contributed by atoms with van der Waals surface area (Å²) in [5.74, 6) is 1.03. The van der Waals surface area contributed by atoms with Gasteiger partial charge in [-0.15, -0.1) is 0 Å². The summed E-state index contributed by atoms with van der Waals surface area (Å²) < 4.78 is 10.6. The first kappa shape index (κ1) is 17.8. The summed E-state index contributed by atoms with van der Waals surface area (Å²) in [7, 11) is 1.56. The van der Waals surface area contributed by atoms with Crippen LogP contribution in [0.1, 0.15) is 31.9 Å². The van der Waals surface area contributed by atoms with Crippen LogP contribution < -0.4 is 14.8 Å². The minimum absolute atomic E-state index is 0.0168. The van der Waals surface area contributed by atoms with Gasteiger partial charge in [0.25, 0.3) is 5.91 Å². The molecule has 2 rings (SSSR count). The van der Waals surface area contributed by atoms with E-state index in [1.165, 1.54) is 5.56 Å². The molecule has 24 heavy (non-hydrogen) atoms. The van der Waals surface area contributed by atoms with Gasteiger partial charge in [0.2, 0.25) is 5.88 Å². The van der Waals surface area contributed by atoms with Crippen molar-refractivity contribution in [3.63, 3.8) is 0 Å². The lowest BCUT2D eigenvalue weighted by Crippen LogP contribution is -2.28. The smallest absolute Gasteiger partial charge is 0.258 e. The zero-order chi connectivity index (χ0) is 17.6. The van der Waals surface area contributed by atoms with E-state index in [9.17, 15) is 4.79 Å². The van der Waals surface area contributed by atoms with Crippen LogP contribution in [0.4, 0.5) is 0 Å². The molecule has 5 heteroatoms. The molecule has 128 valence electrons. The lowest BCUT2D eigenvalue weighted by atomic mass is 9.87. The summed E-state index contributed by atoms with van der Waals surface area (Å²) in [5, 5.41) is 2.81. The maximum absolute atomic E-state index is 11.9. The Kier molecular flexibility index (Phi) is 5.79. The molecule has 1 heterocycles. The minimum Gasteiger partial charge on any atom is -0.484 e. The van der Waals surface area contributed by atoms with E-state index in [-0.39, 0.29) is 17.9 Å². The summed E-state index contributed by atoms with van der Waals surface area (Å²) in [6.45, 7) is 6.86. The molecule has 1 amide bonds. The van der Waals surface area contributed by atoms with Crippen LogP contribution >= 0.6 is 0 Å². The van der Waals surface area contributed by atoms with Crippen LogP contribution in [-0.4, -0.2) is 24.6 Å². The summed E-state index contributed by atoms with van der Waals surface area (Å²) in [5.41, 5.74) is 2.25. The first-order valence-electron chi connectivity index (χ1n) is 7.87. The van der Waals surface area contributed by atoms with E-state index in [1.807, 2.05) is 30.3 Å². The van der Waals surface area contributed by atoms with Crippen molar-refractivity contribution in [1.82, 2.24) is 10.3 Å². The van der Waals surface area contributed by atoms with E-state index in [1.54, 1.807) is 19.4 Å². The van der Waals surface area contributed by atoms with Crippen LogP contribution in [0, 0.1) is 0 Å². The number of carbonyl (C=O) groups is 1. The Morgan fingerprint density at radius 2 is 1.88 bits per heavy atom. The van der Waals surface area contributed by atoms with Gasteiger partial charge in [-0.25, -0.2) is 4.98 Å². The molecule has 0 bridgehead atoms. The molecule has 0 radical (unpaired) electrons. The monoisotopic (exact) mass is 328 g/mol. The van der Waals surface area contributed by atoms with Crippen LogP contribution in [0.2, 0.25) is 0 Å². The highest BCUT2D eigenvalue weighted by Gasteiger charge is 2.13. The lowest BCUT2D eigenvalue weighted by Gasteiger charge is -2.19. The van der Waals surface area contributed by atoms with E-state index < -0.39 is 0 Å². The Morgan fingerprint density at radius 1 is 1.17 bits per heavy atom. The molecule has 0 spiro atoms. The number of hydrogen-bond donors (Lipinski definition) is 1. The first-order chi connectivity index (χ1) is 11.4. The van der Waals surface area contributed by atoms with Gasteiger partial charge in [0, 0.05) is 18.8 Å². The highest BCUT2D eigenvalue weighted by atomic mass is 16.5. The molecule has 0 unspecified atom stereocenters. The molecule has 0 aliphatic rings. The molecule has 1 aromatic heterocycles. The second-order valence-corrected chi connectivity index (χ2v) is 6.55. The third-order valence-corrected chi connectivity index (χ3v) is 3.59. The predicted molar refractivity (Wildman–Crippen MR) is 93.3 cm³/mol. The second-order valence-electron chi connectivity index (χ2n) is 6.55. The number of nitrogens with zero attached hydrogens (tertiary/aromatic N) is 1. The number of rotatable bonds is 6. The molecule has 0 atom stereocenters. The Bertz CT molecular complexity index is 676. The number of benzene rings is 1. The van der Waals surface area contributed by atoms with Crippen molar-refractivity contribution in [1.29, 1.82) is 0 Å². The highest BCUT2D eigenvalue weighted by molar-refractivity contribution is 5.77. The fourth-order valence-corrected chi connectivity index (χ4v) is 2.12. The van der Waals surface area contributed by atoms with Crippen molar-refractivity contribution in [2.24, 2.45) is 0 Å². The van der Waals surface area contributed by atoms with Crippen LogP contribution in [0.5, 0.6) is 11.6 Å². The summed E-state index contributed by atoms with van der Waals surface area (Å²) in [6, 6.07) is 11.4. The van der Waals surface area contributed by atoms with Gasteiger partial charge in [-0.2, -0.15) is 0 Å². The topological polar surface area (TPSA) is 60.5 Å². The van der Waals surface area contributed by atoms with E-state index >= 15 is 0 Å². The van der Waals surface area contributed by atoms with Crippen LogP contribution in [-0.2, 0) is 16.8 Å². The number of ether oxygens (including phenoxy) is 2. The maximum Gasteiger partial charge on any atom is 0.258 e. The zero-order valence-electron chi connectivity index (χ0n) is 14.6. The van der Waals surface area contributed by atoms with E-state index in [0.717, 1.165) is 5.56 Å². The Hall–Kier alpha value is -2.56. The molecule has 1 aromatic carbocycles. The quantitative estimate of drug-likeness (QED) is 0.885. The van der Waals surface area contributed by atoms with Gasteiger partial charge >= 0.3 is 0 Å². The van der Waals surface area contributed by atoms with Crippen LogP contribution in [0.15, 0.2) is 42.6 Å². The number of nitrogens with one attached hydrogen (secondary N) is 1. The average Bonchev–Trinajstić information content (AvgIpc) is 2.58. The normalized spacial score (nSPS) is 11.0. The van der Waals surface area contributed by atoms with Gasteiger partial charge in [0.15, 0.2) is 6.61 Å². The van der Waals surface area contributed by atoms with Crippen LogP contribution in [0.3, 0.4) is 0 Å². The zero-order valence-corrected chi connectivity index (χ0v) is 14.6. The maximum atomic E-state index is 11.9. The van der Waals surface area contributed by atoms with Gasteiger partial charge in [-0.05, 0) is 34.7 Å². The fraction of sp³-hybridized carbons (Fsp3) is 0.368. The molecule has 0 fully saturated rings.